The summed E-state index contributed by atoms with van der Waals surface area (Å²) in [5.74, 6) is 0. The maximum absolute atomic E-state index is 3.83. The fourth-order valence-corrected chi connectivity index (χ4v) is 2.24. The minimum absolute atomic E-state index is 0.188. The molecular formula is C20H22. The maximum Gasteiger partial charge on any atom is -0.0112 e. The summed E-state index contributed by atoms with van der Waals surface area (Å²) in [5.41, 5.74) is 5.20. The fourth-order valence-electron chi connectivity index (χ4n) is 2.24. The molecule has 0 bridgehead atoms. The van der Waals surface area contributed by atoms with Crippen molar-refractivity contribution in [1.82, 2.24) is 0 Å². The normalized spacial score (nSPS) is 12.2. The monoisotopic (exact) mass is 262 g/mol. The van der Waals surface area contributed by atoms with E-state index in [4.69, 9.17) is 0 Å². The van der Waals surface area contributed by atoms with Crippen molar-refractivity contribution in [2.75, 3.05) is 0 Å². The number of benzene rings is 2. The summed E-state index contributed by atoms with van der Waals surface area (Å²) in [6.07, 6.45) is 3.92. The highest BCUT2D eigenvalue weighted by molar-refractivity contribution is 5.80. The van der Waals surface area contributed by atoms with E-state index in [-0.39, 0.29) is 5.41 Å². The van der Waals surface area contributed by atoms with Gasteiger partial charge in [-0.3, -0.25) is 0 Å². The van der Waals surface area contributed by atoms with Crippen LogP contribution in [0, 0.1) is 0 Å². The lowest BCUT2D eigenvalue weighted by atomic mass is 9.85. The van der Waals surface area contributed by atoms with Gasteiger partial charge in [-0.15, -0.1) is 0 Å². The van der Waals surface area contributed by atoms with Gasteiger partial charge >= 0.3 is 0 Å². The van der Waals surface area contributed by atoms with Gasteiger partial charge < -0.3 is 0 Å². The summed E-state index contributed by atoms with van der Waals surface area (Å²) in [7, 11) is 0. The number of hydrogen-bond acceptors (Lipinski definition) is 0. The lowest BCUT2D eigenvalue weighted by Crippen LogP contribution is -2.10. The Labute approximate surface area is 122 Å². The van der Waals surface area contributed by atoms with Crippen LogP contribution in [0.25, 0.3) is 5.57 Å². The first-order valence-corrected chi connectivity index (χ1v) is 7.01. The van der Waals surface area contributed by atoms with E-state index in [1.165, 1.54) is 22.3 Å². The average Bonchev–Trinajstić information content (AvgIpc) is 2.45. The molecule has 0 unspecified atom stereocenters. The Morgan fingerprint density at radius 3 is 1.90 bits per heavy atom. The molecule has 0 nitrogen and oxygen atoms in total. The third-order valence-electron chi connectivity index (χ3n) is 3.43. The third-order valence-corrected chi connectivity index (χ3v) is 3.43. The molecule has 0 fully saturated rings. The molecule has 0 aliphatic carbocycles. The third kappa shape index (κ3) is 3.27. The van der Waals surface area contributed by atoms with E-state index in [2.05, 4.69) is 82.0 Å². The van der Waals surface area contributed by atoms with E-state index in [0.717, 1.165) is 0 Å². The molecule has 102 valence electrons. The maximum atomic E-state index is 3.83. The molecule has 0 spiro atoms. The molecule has 0 N–H and O–H groups in total. The van der Waals surface area contributed by atoms with Gasteiger partial charge in [0.15, 0.2) is 0 Å². The standard InChI is InChI=1S/C20H22/c1-5-9-19(16-10-7-6-8-11-16)17-12-14-18(15-13-17)20(2,3)4/h5-15H,1H2,2-4H3/b19-9+. The highest BCUT2D eigenvalue weighted by atomic mass is 14.2. The van der Waals surface area contributed by atoms with Crippen molar-refractivity contribution in [3.63, 3.8) is 0 Å². The molecule has 0 saturated carbocycles. The zero-order valence-electron chi connectivity index (χ0n) is 12.6. The fraction of sp³-hybridized carbons (Fsp3) is 0.200. The van der Waals surface area contributed by atoms with Crippen LogP contribution in [0.3, 0.4) is 0 Å². The van der Waals surface area contributed by atoms with Crippen molar-refractivity contribution in [3.8, 4) is 0 Å². The minimum atomic E-state index is 0.188. The molecule has 0 heteroatoms. The second-order valence-electron chi connectivity index (χ2n) is 6.01. The van der Waals surface area contributed by atoms with Crippen molar-refractivity contribution in [3.05, 3.63) is 90.0 Å². The summed E-state index contributed by atoms with van der Waals surface area (Å²) < 4.78 is 0. The molecule has 2 aromatic carbocycles. The van der Waals surface area contributed by atoms with E-state index in [9.17, 15) is 0 Å². The highest BCUT2D eigenvalue weighted by Crippen LogP contribution is 2.27. The second kappa shape index (κ2) is 5.92. The predicted molar refractivity (Wildman–Crippen MR) is 88.9 cm³/mol. The average molecular weight is 262 g/mol. The molecule has 2 aromatic rings. The molecule has 0 radical (unpaired) electrons. The van der Waals surface area contributed by atoms with Gasteiger partial charge in [0, 0.05) is 0 Å². The van der Waals surface area contributed by atoms with Crippen LogP contribution in [-0.2, 0) is 5.41 Å². The van der Waals surface area contributed by atoms with E-state index < -0.39 is 0 Å². The predicted octanol–water partition coefficient (Wildman–Crippen LogP) is 5.60. The van der Waals surface area contributed by atoms with Crippen molar-refractivity contribution in [2.24, 2.45) is 0 Å². The molecule has 0 aliphatic heterocycles. The van der Waals surface area contributed by atoms with Gasteiger partial charge in [-0.1, -0.05) is 94.1 Å². The molecule has 0 saturated heterocycles. The summed E-state index contributed by atoms with van der Waals surface area (Å²) >= 11 is 0. The summed E-state index contributed by atoms with van der Waals surface area (Å²) in [4.78, 5) is 0. The largest absolute Gasteiger partial charge is 0.0990 e. The topological polar surface area (TPSA) is 0 Å². The molecule has 20 heavy (non-hydrogen) atoms. The summed E-state index contributed by atoms with van der Waals surface area (Å²) in [6, 6.07) is 19.3. The van der Waals surface area contributed by atoms with Crippen LogP contribution in [0.5, 0.6) is 0 Å². The summed E-state index contributed by atoms with van der Waals surface area (Å²) in [6.45, 7) is 10.5. The van der Waals surface area contributed by atoms with E-state index >= 15 is 0 Å². The Morgan fingerprint density at radius 1 is 0.850 bits per heavy atom. The van der Waals surface area contributed by atoms with Crippen LogP contribution in [-0.4, -0.2) is 0 Å². The zero-order chi connectivity index (χ0) is 14.6. The van der Waals surface area contributed by atoms with E-state index in [0.29, 0.717) is 0 Å². The Balaban J connectivity index is 2.42. The van der Waals surface area contributed by atoms with Crippen molar-refractivity contribution in [1.29, 1.82) is 0 Å². The van der Waals surface area contributed by atoms with Gasteiger partial charge in [0.2, 0.25) is 0 Å². The van der Waals surface area contributed by atoms with E-state index in [1.807, 2.05) is 12.1 Å². The van der Waals surface area contributed by atoms with Gasteiger partial charge in [0.25, 0.3) is 0 Å². The lowest BCUT2D eigenvalue weighted by Gasteiger charge is -2.19. The molecular weight excluding hydrogens is 240 g/mol. The minimum Gasteiger partial charge on any atom is -0.0990 e. The molecule has 0 aliphatic rings. The molecule has 0 amide bonds. The van der Waals surface area contributed by atoms with Crippen LogP contribution < -0.4 is 0 Å². The van der Waals surface area contributed by atoms with Crippen molar-refractivity contribution >= 4 is 5.57 Å². The lowest BCUT2D eigenvalue weighted by molar-refractivity contribution is 0.590. The van der Waals surface area contributed by atoms with Crippen LogP contribution in [0.1, 0.15) is 37.5 Å². The van der Waals surface area contributed by atoms with Crippen LogP contribution in [0.2, 0.25) is 0 Å². The Morgan fingerprint density at radius 2 is 1.40 bits per heavy atom. The van der Waals surface area contributed by atoms with Gasteiger partial charge in [0.1, 0.15) is 0 Å². The van der Waals surface area contributed by atoms with Gasteiger partial charge in [-0.25, -0.2) is 0 Å². The SMILES string of the molecule is C=C/C=C(\c1ccccc1)c1ccc(C(C)(C)C)cc1. The first-order valence-electron chi connectivity index (χ1n) is 7.01. The van der Waals surface area contributed by atoms with Crippen LogP contribution >= 0.6 is 0 Å². The molecule has 0 aromatic heterocycles. The first kappa shape index (κ1) is 14.3. The van der Waals surface area contributed by atoms with E-state index in [1.54, 1.807) is 0 Å². The molecule has 0 heterocycles. The Bertz CT molecular complexity index is 593. The van der Waals surface area contributed by atoms with Gasteiger partial charge in [0.05, 0.1) is 0 Å². The van der Waals surface area contributed by atoms with Crippen molar-refractivity contribution in [2.45, 2.75) is 26.2 Å². The Hall–Kier alpha value is -2.08. The zero-order valence-corrected chi connectivity index (χ0v) is 12.6. The van der Waals surface area contributed by atoms with Gasteiger partial charge in [-0.2, -0.15) is 0 Å². The molecule has 0 atom stereocenters. The molecule has 2 rings (SSSR count). The summed E-state index contributed by atoms with van der Waals surface area (Å²) in [5, 5.41) is 0. The van der Waals surface area contributed by atoms with Gasteiger partial charge in [-0.05, 0) is 27.7 Å². The Kier molecular flexibility index (Phi) is 4.24. The van der Waals surface area contributed by atoms with Crippen molar-refractivity contribution < 1.29 is 0 Å². The smallest absolute Gasteiger partial charge is 0.0112 e. The number of rotatable bonds is 3. The first-order chi connectivity index (χ1) is 9.52. The highest BCUT2D eigenvalue weighted by Gasteiger charge is 2.13. The quantitative estimate of drug-likeness (QED) is 0.631. The number of allylic oxidation sites excluding steroid dienone is 2. The number of hydrogen-bond donors (Lipinski definition) is 0. The van der Waals surface area contributed by atoms with Crippen LogP contribution in [0.15, 0.2) is 73.3 Å². The van der Waals surface area contributed by atoms with Crippen LogP contribution in [0.4, 0.5) is 0 Å². The second-order valence-corrected chi connectivity index (χ2v) is 6.01.